The average molecular weight is 312 g/mol. The van der Waals surface area contributed by atoms with Gasteiger partial charge in [0.1, 0.15) is 5.82 Å². The molecule has 1 aliphatic heterocycles. The fraction of sp³-hybridized carbons (Fsp3) is 0.455. The molecule has 1 aromatic carbocycles. The van der Waals surface area contributed by atoms with Gasteiger partial charge in [-0.3, -0.25) is 0 Å². The molecular formula is C11H12F4N2O2S. The molecule has 0 bridgehead atoms. The first-order valence-corrected chi connectivity index (χ1v) is 7.19. The number of halogens is 4. The van der Waals surface area contributed by atoms with Gasteiger partial charge in [0.15, 0.2) is 0 Å². The van der Waals surface area contributed by atoms with Gasteiger partial charge >= 0.3 is 6.18 Å². The van der Waals surface area contributed by atoms with Crippen molar-refractivity contribution in [1.82, 2.24) is 4.31 Å². The summed E-state index contributed by atoms with van der Waals surface area (Å²) in [5, 5.41) is 0. The summed E-state index contributed by atoms with van der Waals surface area (Å²) in [5.74, 6) is -1.61. The lowest BCUT2D eigenvalue weighted by Crippen LogP contribution is -2.32. The third kappa shape index (κ3) is 2.79. The molecule has 4 nitrogen and oxygen atoms in total. The van der Waals surface area contributed by atoms with E-state index in [0.29, 0.717) is 18.6 Å². The minimum absolute atomic E-state index is 0.0744. The molecular weight excluding hydrogens is 300 g/mol. The quantitative estimate of drug-likeness (QED) is 0.843. The molecule has 1 fully saturated rings. The standard InChI is InChI=1S/C11H12F4N2O2S/c12-10-5-8(1-2-9(10)11(13,14)15)20(18,19)17-4-3-7(16)6-17/h1-2,5,7H,3-4,6,16H2/t7-/m1/s1. The third-order valence-corrected chi connectivity index (χ3v) is 4.93. The molecule has 2 rings (SSSR count). The molecule has 0 saturated carbocycles. The second-order valence-electron chi connectivity index (χ2n) is 4.55. The summed E-state index contributed by atoms with van der Waals surface area (Å²) >= 11 is 0. The van der Waals surface area contributed by atoms with Gasteiger partial charge in [0.25, 0.3) is 0 Å². The number of benzene rings is 1. The predicted molar refractivity (Wildman–Crippen MR) is 62.8 cm³/mol. The molecule has 112 valence electrons. The molecule has 0 aliphatic carbocycles. The lowest BCUT2D eigenvalue weighted by molar-refractivity contribution is -0.140. The normalized spacial score (nSPS) is 21.4. The van der Waals surface area contributed by atoms with E-state index in [2.05, 4.69) is 0 Å². The van der Waals surface area contributed by atoms with Crippen LogP contribution in [0, 0.1) is 5.82 Å². The Labute approximate surface area is 113 Å². The molecule has 0 amide bonds. The molecule has 0 unspecified atom stereocenters. The minimum Gasteiger partial charge on any atom is -0.326 e. The van der Waals surface area contributed by atoms with Crippen LogP contribution in [0.2, 0.25) is 0 Å². The van der Waals surface area contributed by atoms with Crippen molar-refractivity contribution in [3.63, 3.8) is 0 Å². The van der Waals surface area contributed by atoms with Gasteiger partial charge in [-0.2, -0.15) is 17.5 Å². The zero-order valence-corrected chi connectivity index (χ0v) is 11.0. The average Bonchev–Trinajstić information content (AvgIpc) is 2.74. The van der Waals surface area contributed by atoms with Crippen LogP contribution >= 0.6 is 0 Å². The summed E-state index contributed by atoms with van der Waals surface area (Å²) in [4.78, 5) is -0.503. The van der Waals surface area contributed by atoms with E-state index in [9.17, 15) is 26.0 Å². The van der Waals surface area contributed by atoms with Crippen LogP contribution in [0.25, 0.3) is 0 Å². The van der Waals surface area contributed by atoms with Crippen LogP contribution < -0.4 is 5.73 Å². The monoisotopic (exact) mass is 312 g/mol. The van der Waals surface area contributed by atoms with Crippen LogP contribution in [0.15, 0.2) is 23.1 Å². The Morgan fingerprint density at radius 2 is 1.95 bits per heavy atom. The number of alkyl halides is 3. The van der Waals surface area contributed by atoms with E-state index in [1.807, 2.05) is 0 Å². The predicted octanol–water partition coefficient (Wildman–Crippen LogP) is 1.57. The SMILES string of the molecule is N[C@@H]1CCN(S(=O)(=O)c2ccc(C(F)(F)F)c(F)c2)C1. The Balaban J connectivity index is 2.37. The first-order chi connectivity index (χ1) is 9.12. The lowest BCUT2D eigenvalue weighted by Gasteiger charge is -2.16. The molecule has 1 aromatic rings. The Kier molecular flexibility index (Phi) is 3.78. The summed E-state index contributed by atoms with van der Waals surface area (Å²) in [5.41, 5.74) is 4.09. The topological polar surface area (TPSA) is 63.4 Å². The van der Waals surface area contributed by atoms with Crippen molar-refractivity contribution >= 4 is 10.0 Å². The smallest absolute Gasteiger partial charge is 0.326 e. The number of hydrogen-bond donors (Lipinski definition) is 1. The Hall–Kier alpha value is -1.19. The van der Waals surface area contributed by atoms with Crippen molar-refractivity contribution in [2.45, 2.75) is 23.5 Å². The van der Waals surface area contributed by atoms with Gasteiger partial charge in [0.05, 0.1) is 10.5 Å². The van der Waals surface area contributed by atoms with E-state index in [0.717, 1.165) is 10.4 Å². The summed E-state index contributed by atoms with van der Waals surface area (Å²) in [6.07, 6.45) is -4.40. The number of nitrogens with zero attached hydrogens (tertiary/aromatic N) is 1. The van der Waals surface area contributed by atoms with Gasteiger partial charge in [-0.25, -0.2) is 12.8 Å². The number of hydrogen-bond acceptors (Lipinski definition) is 3. The number of rotatable bonds is 2. The van der Waals surface area contributed by atoms with E-state index in [4.69, 9.17) is 5.73 Å². The van der Waals surface area contributed by atoms with E-state index >= 15 is 0 Å². The van der Waals surface area contributed by atoms with Crippen molar-refractivity contribution in [2.24, 2.45) is 5.73 Å². The van der Waals surface area contributed by atoms with Crippen LogP contribution in [-0.2, 0) is 16.2 Å². The highest BCUT2D eigenvalue weighted by Crippen LogP contribution is 2.33. The van der Waals surface area contributed by atoms with Crippen molar-refractivity contribution in [3.05, 3.63) is 29.6 Å². The van der Waals surface area contributed by atoms with Gasteiger partial charge in [-0.1, -0.05) is 0 Å². The van der Waals surface area contributed by atoms with Gasteiger partial charge in [-0.15, -0.1) is 0 Å². The number of sulfonamides is 1. The van der Waals surface area contributed by atoms with Gasteiger partial charge < -0.3 is 5.73 Å². The van der Waals surface area contributed by atoms with Crippen molar-refractivity contribution in [2.75, 3.05) is 13.1 Å². The fourth-order valence-electron chi connectivity index (χ4n) is 2.01. The van der Waals surface area contributed by atoms with E-state index in [1.54, 1.807) is 0 Å². The van der Waals surface area contributed by atoms with Crippen LogP contribution in [0.3, 0.4) is 0 Å². The van der Waals surface area contributed by atoms with Gasteiger partial charge in [0.2, 0.25) is 10.0 Å². The van der Waals surface area contributed by atoms with Crippen molar-refractivity contribution in [1.29, 1.82) is 0 Å². The van der Waals surface area contributed by atoms with Crippen LogP contribution in [0.5, 0.6) is 0 Å². The highest BCUT2D eigenvalue weighted by molar-refractivity contribution is 7.89. The Bertz CT molecular complexity index is 615. The molecule has 1 heterocycles. The zero-order chi connectivity index (χ0) is 15.1. The second-order valence-corrected chi connectivity index (χ2v) is 6.49. The molecule has 0 radical (unpaired) electrons. The second kappa shape index (κ2) is 4.97. The summed E-state index contributed by atoms with van der Waals surface area (Å²) in [6, 6.07) is 1.26. The first-order valence-electron chi connectivity index (χ1n) is 5.75. The Morgan fingerprint density at radius 3 is 2.40 bits per heavy atom. The molecule has 0 aromatic heterocycles. The molecule has 9 heteroatoms. The maximum atomic E-state index is 13.4. The molecule has 1 saturated heterocycles. The summed E-state index contributed by atoms with van der Waals surface area (Å²) in [6.45, 7) is 0.247. The highest BCUT2D eigenvalue weighted by atomic mass is 32.2. The first kappa shape index (κ1) is 15.2. The largest absolute Gasteiger partial charge is 0.419 e. The lowest BCUT2D eigenvalue weighted by atomic mass is 10.2. The van der Waals surface area contributed by atoms with Crippen LogP contribution in [0.4, 0.5) is 17.6 Å². The molecule has 20 heavy (non-hydrogen) atoms. The fourth-order valence-corrected chi connectivity index (χ4v) is 3.53. The maximum Gasteiger partial charge on any atom is 0.419 e. The zero-order valence-electron chi connectivity index (χ0n) is 10.2. The Morgan fingerprint density at radius 1 is 1.30 bits per heavy atom. The molecule has 0 spiro atoms. The van der Waals surface area contributed by atoms with Crippen LogP contribution in [0.1, 0.15) is 12.0 Å². The summed E-state index contributed by atoms with van der Waals surface area (Å²) in [7, 11) is -4.01. The maximum absolute atomic E-state index is 13.4. The highest BCUT2D eigenvalue weighted by Gasteiger charge is 2.36. The molecule has 1 aliphatic rings. The molecule has 2 N–H and O–H groups in total. The van der Waals surface area contributed by atoms with Crippen molar-refractivity contribution < 1.29 is 26.0 Å². The summed E-state index contributed by atoms with van der Waals surface area (Å²) < 4.78 is 75.9. The third-order valence-electron chi connectivity index (χ3n) is 3.07. The van der Waals surface area contributed by atoms with E-state index in [1.165, 1.54) is 0 Å². The van der Waals surface area contributed by atoms with E-state index < -0.39 is 32.5 Å². The molecule has 1 atom stereocenters. The van der Waals surface area contributed by atoms with Gasteiger partial charge in [0, 0.05) is 19.1 Å². The van der Waals surface area contributed by atoms with E-state index in [-0.39, 0.29) is 19.1 Å². The van der Waals surface area contributed by atoms with Crippen LogP contribution in [-0.4, -0.2) is 31.9 Å². The minimum atomic E-state index is -4.86. The number of nitrogens with two attached hydrogens (primary N) is 1. The van der Waals surface area contributed by atoms with Crippen molar-refractivity contribution in [3.8, 4) is 0 Å². The van der Waals surface area contributed by atoms with Gasteiger partial charge in [-0.05, 0) is 24.6 Å².